The number of aromatic nitrogens is 4. The Kier molecular flexibility index (Phi) is 10.5. The Bertz CT molecular complexity index is 1950. The molecule has 5 rings (SSSR count). The first-order valence-corrected chi connectivity index (χ1v) is 15.3. The summed E-state index contributed by atoms with van der Waals surface area (Å²) in [5.41, 5.74) is 12.6. The van der Waals surface area contributed by atoms with Crippen LogP contribution in [0.2, 0.25) is 0 Å². The minimum atomic E-state index is -1.16. The molecule has 0 saturated heterocycles. The van der Waals surface area contributed by atoms with Gasteiger partial charge in [0.05, 0.1) is 28.2 Å². The van der Waals surface area contributed by atoms with Crippen LogP contribution in [0.5, 0.6) is 0 Å². The fourth-order valence-electron chi connectivity index (χ4n) is 5.97. The van der Waals surface area contributed by atoms with E-state index >= 15 is 0 Å². The average Bonchev–Trinajstić information content (AvgIpc) is 3.63. The molecule has 235 valence electrons. The number of carbonyl (C=O) groups excluding carboxylic acids is 2. The average molecular weight is 690 g/mol. The van der Waals surface area contributed by atoms with Crippen LogP contribution in [0.25, 0.3) is 50.4 Å². The van der Waals surface area contributed by atoms with E-state index in [-0.39, 0.29) is 48.3 Å². The predicted octanol–water partition coefficient (Wildman–Crippen LogP) is 6.01. The van der Waals surface area contributed by atoms with Gasteiger partial charge in [0.25, 0.3) is 0 Å². The summed E-state index contributed by atoms with van der Waals surface area (Å²) in [6.45, 7) is 11.8. The van der Waals surface area contributed by atoms with Crippen molar-refractivity contribution in [3.05, 3.63) is 75.9 Å². The number of nitrogens with one attached hydrogen (secondary N) is 2. The monoisotopic (exact) mass is 689 g/mol. The number of fused-ring (bicyclic) bond motifs is 8. The van der Waals surface area contributed by atoms with Gasteiger partial charge in [0.1, 0.15) is 0 Å². The Morgan fingerprint density at radius 3 is 1.78 bits per heavy atom. The predicted molar refractivity (Wildman–Crippen MR) is 173 cm³/mol. The molecular formula is C34H32Cl2CoN4O4. The van der Waals surface area contributed by atoms with Crippen LogP contribution in [0.15, 0.2) is 30.8 Å². The normalized spacial score (nSPS) is 13.6. The summed E-state index contributed by atoms with van der Waals surface area (Å²) in [5.74, 6) is -2.10. The molecule has 2 aliphatic heterocycles. The summed E-state index contributed by atoms with van der Waals surface area (Å²) >= 11 is 13.0. The van der Waals surface area contributed by atoms with Crippen molar-refractivity contribution in [2.45, 2.75) is 58.8 Å². The molecule has 11 heteroatoms. The summed E-state index contributed by atoms with van der Waals surface area (Å²) in [7, 11) is 0. The van der Waals surface area contributed by atoms with Gasteiger partial charge in [-0.3, -0.25) is 0 Å². The largest absolute Gasteiger partial charge is 2.00 e. The van der Waals surface area contributed by atoms with E-state index in [0.717, 1.165) is 66.6 Å². The number of nitrogens with zero attached hydrogens (tertiary/aromatic N) is 2. The molecule has 2 N–H and O–H groups in total. The minimum absolute atomic E-state index is 0. The van der Waals surface area contributed by atoms with Gasteiger partial charge in [0, 0.05) is 45.4 Å². The Balaban J connectivity index is 0.00000461. The van der Waals surface area contributed by atoms with Crippen molar-refractivity contribution in [3.63, 3.8) is 0 Å². The van der Waals surface area contributed by atoms with E-state index in [9.17, 15) is 19.8 Å². The maximum Gasteiger partial charge on any atom is 2.00 e. The standard InChI is InChI=1S/C34H34Cl2N4O4.Co/c1-6-20-16(2)26-13-31-34(23(36)15-35)19(5)27(40-31)11-24-17(3)21(7-9-32(41)42)29(38-24)14-30-22(8-10-33(43)44)18(4)25(39-30)12-28(20)37-26;/h6,11-14,23,37,40H,1,7-10,15H2,2-5H3,(H,41,42)(H,43,44);/q;+2/p-2. The van der Waals surface area contributed by atoms with Crippen LogP contribution in [0.4, 0.5) is 0 Å². The molecule has 45 heavy (non-hydrogen) atoms. The van der Waals surface area contributed by atoms with Gasteiger partial charge < -0.3 is 29.8 Å². The van der Waals surface area contributed by atoms with Gasteiger partial charge >= 0.3 is 16.8 Å². The summed E-state index contributed by atoms with van der Waals surface area (Å²) < 4.78 is 0. The van der Waals surface area contributed by atoms with E-state index in [1.54, 1.807) is 6.08 Å². The maximum absolute atomic E-state index is 11.4. The second kappa shape index (κ2) is 13.8. The van der Waals surface area contributed by atoms with Crippen molar-refractivity contribution in [1.82, 2.24) is 19.9 Å². The van der Waals surface area contributed by atoms with Crippen molar-refractivity contribution in [2.75, 3.05) is 5.88 Å². The Morgan fingerprint density at radius 2 is 1.29 bits per heavy atom. The van der Waals surface area contributed by atoms with Gasteiger partial charge in [0.2, 0.25) is 0 Å². The SMILES string of the molecule is C=Cc1c(C)c2cc3[nH]c(cc4nc(cc5nc(cc1[nH]2)C(C)=C5CCC(=O)[O-])C(CCC(=O)[O-])=C4C)c(C)c3C(Cl)CCl.[Co+2]. The van der Waals surface area contributed by atoms with E-state index < -0.39 is 17.3 Å². The van der Waals surface area contributed by atoms with Crippen LogP contribution in [0.3, 0.4) is 0 Å². The number of alkyl halides is 2. The van der Waals surface area contributed by atoms with Crippen LogP contribution < -0.4 is 10.2 Å². The van der Waals surface area contributed by atoms with Gasteiger partial charge in [-0.05, 0) is 117 Å². The van der Waals surface area contributed by atoms with Gasteiger partial charge in [0.15, 0.2) is 0 Å². The van der Waals surface area contributed by atoms with Crippen molar-refractivity contribution in [2.24, 2.45) is 0 Å². The van der Waals surface area contributed by atoms with Crippen LogP contribution in [0.1, 0.15) is 89.9 Å². The van der Waals surface area contributed by atoms with Crippen LogP contribution in [-0.4, -0.2) is 37.8 Å². The molecule has 3 aromatic heterocycles. The number of aryl methyl sites for hydroxylation is 2. The number of hydrogen-bond acceptors (Lipinski definition) is 6. The first-order valence-electron chi connectivity index (χ1n) is 14.3. The van der Waals surface area contributed by atoms with E-state index in [2.05, 4.69) is 16.5 Å². The number of hydrogen-bond donors (Lipinski definition) is 2. The molecule has 1 unspecified atom stereocenters. The molecule has 3 aromatic rings. The molecule has 0 aromatic carbocycles. The Labute approximate surface area is 281 Å². The molecule has 0 aliphatic carbocycles. The smallest absolute Gasteiger partial charge is 0.550 e. The van der Waals surface area contributed by atoms with E-state index in [1.807, 2.05) is 52.0 Å². The summed E-state index contributed by atoms with van der Waals surface area (Å²) in [4.78, 5) is 39.8. The van der Waals surface area contributed by atoms with Crippen molar-refractivity contribution < 1.29 is 36.6 Å². The third kappa shape index (κ3) is 6.67. The Hall–Kier alpha value is -3.63. The molecule has 0 amide bonds. The van der Waals surface area contributed by atoms with Gasteiger partial charge in [-0.25, -0.2) is 9.97 Å². The number of carboxylic acid groups (broad SMARTS) is 2. The fourth-order valence-corrected chi connectivity index (χ4v) is 6.41. The summed E-state index contributed by atoms with van der Waals surface area (Å²) in [5, 5.41) is 22.4. The number of halogens is 2. The van der Waals surface area contributed by atoms with Gasteiger partial charge in [-0.15, -0.1) is 23.2 Å². The summed E-state index contributed by atoms with van der Waals surface area (Å²) in [6.07, 6.45) is 1.87. The molecule has 5 heterocycles. The first-order chi connectivity index (χ1) is 20.9. The van der Waals surface area contributed by atoms with Crippen molar-refractivity contribution in [3.8, 4) is 0 Å². The number of aliphatic carboxylic acids is 2. The number of aromatic amines is 2. The molecular weight excluding hydrogens is 658 g/mol. The van der Waals surface area contributed by atoms with Crippen LogP contribution in [-0.2, 0) is 26.4 Å². The zero-order chi connectivity index (χ0) is 31.9. The minimum Gasteiger partial charge on any atom is -0.550 e. The molecule has 1 atom stereocenters. The van der Waals surface area contributed by atoms with Crippen molar-refractivity contribution in [1.29, 1.82) is 0 Å². The number of rotatable bonds is 9. The number of allylic oxidation sites excluding steroid dienone is 4. The third-order valence-electron chi connectivity index (χ3n) is 8.44. The zero-order valence-electron chi connectivity index (χ0n) is 25.3. The maximum atomic E-state index is 11.4. The zero-order valence-corrected chi connectivity index (χ0v) is 27.9. The topological polar surface area (TPSA) is 138 Å². The van der Waals surface area contributed by atoms with Crippen LogP contribution >= 0.6 is 23.2 Å². The second-order valence-corrected chi connectivity index (χ2v) is 11.9. The molecule has 0 saturated carbocycles. The molecule has 8 nitrogen and oxygen atoms in total. The van der Waals surface area contributed by atoms with E-state index in [0.29, 0.717) is 22.8 Å². The van der Waals surface area contributed by atoms with E-state index in [4.69, 9.17) is 33.2 Å². The molecule has 0 fully saturated rings. The van der Waals surface area contributed by atoms with Gasteiger partial charge in [-0.2, -0.15) is 0 Å². The number of carboxylic acids is 2. The molecule has 0 spiro atoms. The second-order valence-electron chi connectivity index (χ2n) is 11.1. The summed E-state index contributed by atoms with van der Waals surface area (Å²) in [6, 6.07) is 7.67. The molecule has 2 aliphatic rings. The first kappa shape index (κ1) is 34.2. The quantitative estimate of drug-likeness (QED) is 0.264. The number of carbonyl (C=O) groups is 2. The fraction of sp³-hybridized carbons (Fsp3) is 0.294. The van der Waals surface area contributed by atoms with Crippen LogP contribution in [0, 0.1) is 13.8 Å². The van der Waals surface area contributed by atoms with E-state index in [1.165, 1.54) is 0 Å². The number of H-pyrrole nitrogens is 2. The van der Waals surface area contributed by atoms with Crippen molar-refractivity contribution >= 4 is 85.6 Å². The molecule has 1 radical (unpaired) electrons. The van der Waals surface area contributed by atoms with Gasteiger partial charge in [-0.1, -0.05) is 12.7 Å². The third-order valence-corrected chi connectivity index (χ3v) is 9.28. The molecule has 8 bridgehead atoms. The Morgan fingerprint density at radius 1 is 0.800 bits per heavy atom.